The van der Waals surface area contributed by atoms with E-state index in [2.05, 4.69) is 21.5 Å². The third-order valence-electron chi connectivity index (χ3n) is 4.99. The highest BCUT2D eigenvalue weighted by atomic mass is 19.1. The number of hydrogen-bond acceptors (Lipinski definition) is 5. The van der Waals surface area contributed by atoms with Gasteiger partial charge in [-0.3, -0.25) is 14.5 Å². The maximum Gasteiger partial charge on any atom is 0.238 e. The molecule has 2 aliphatic heterocycles. The molecule has 7 nitrogen and oxygen atoms in total. The van der Waals surface area contributed by atoms with Crippen molar-refractivity contribution in [1.82, 2.24) is 9.80 Å². The molecule has 3 rings (SSSR count). The van der Waals surface area contributed by atoms with Crippen molar-refractivity contribution in [1.29, 1.82) is 0 Å². The number of piperazine rings is 1. The van der Waals surface area contributed by atoms with Gasteiger partial charge in [0.15, 0.2) is 5.66 Å². The Balaban J connectivity index is 1.36. The molecule has 2 heterocycles. The van der Waals surface area contributed by atoms with Crippen LogP contribution in [0.1, 0.15) is 25.7 Å². The van der Waals surface area contributed by atoms with Crippen LogP contribution >= 0.6 is 0 Å². The summed E-state index contributed by atoms with van der Waals surface area (Å²) >= 11 is 0. The van der Waals surface area contributed by atoms with Crippen molar-refractivity contribution in [3.63, 3.8) is 0 Å². The fourth-order valence-electron chi connectivity index (χ4n) is 3.26. The van der Waals surface area contributed by atoms with Crippen molar-refractivity contribution in [2.24, 2.45) is 10.2 Å². The van der Waals surface area contributed by atoms with Crippen LogP contribution in [0.15, 0.2) is 34.5 Å². The molecule has 0 bridgehead atoms. The largest absolute Gasteiger partial charge is 0.340 e. The second-order valence-electron chi connectivity index (χ2n) is 7.10. The van der Waals surface area contributed by atoms with E-state index in [9.17, 15) is 14.0 Å². The lowest BCUT2D eigenvalue weighted by atomic mass is 10.0. The zero-order valence-corrected chi connectivity index (χ0v) is 15.7. The molecule has 0 atom stereocenters. The van der Waals surface area contributed by atoms with E-state index in [0.717, 1.165) is 0 Å². The highest BCUT2D eigenvalue weighted by molar-refractivity contribution is 5.92. The maximum absolute atomic E-state index is 13.2. The van der Waals surface area contributed by atoms with Crippen LogP contribution in [0.2, 0.25) is 0 Å². The summed E-state index contributed by atoms with van der Waals surface area (Å²) in [6.45, 7) is 2.62. The Morgan fingerprint density at radius 2 is 1.96 bits per heavy atom. The van der Waals surface area contributed by atoms with Crippen LogP contribution in [-0.4, -0.2) is 60.0 Å². The molecule has 0 unspecified atom stereocenters. The number of nitrogens with one attached hydrogen (secondary N) is 1. The lowest BCUT2D eigenvalue weighted by molar-refractivity contribution is -0.133. The number of halogens is 1. The molecule has 0 saturated carbocycles. The Kier molecular flexibility index (Phi) is 6.37. The Morgan fingerprint density at radius 3 is 2.61 bits per heavy atom. The number of carbonyl (C=O) groups excluding carboxylic acids is 2. The van der Waals surface area contributed by atoms with Gasteiger partial charge in [0.25, 0.3) is 0 Å². The molecule has 148 valence electrons. The summed E-state index contributed by atoms with van der Waals surface area (Å²) in [6.07, 6.45) is 7.58. The highest BCUT2D eigenvalue weighted by Gasteiger charge is 2.39. The van der Waals surface area contributed by atoms with E-state index in [1.165, 1.54) is 12.1 Å². The number of carbonyl (C=O) groups is 2. The van der Waals surface area contributed by atoms with Crippen LogP contribution in [-0.2, 0) is 9.59 Å². The van der Waals surface area contributed by atoms with Gasteiger partial charge < -0.3 is 10.2 Å². The predicted octanol–water partition coefficient (Wildman–Crippen LogP) is 2.26. The zero-order chi connectivity index (χ0) is 20.0. The molecule has 28 heavy (non-hydrogen) atoms. The molecule has 1 saturated heterocycles. The van der Waals surface area contributed by atoms with Crippen LogP contribution in [0.4, 0.5) is 10.1 Å². The van der Waals surface area contributed by atoms with E-state index < -0.39 is 11.5 Å². The van der Waals surface area contributed by atoms with E-state index in [1.807, 2.05) is 9.80 Å². The van der Waals surface area contributed by atoms with Gasteiger partial charge in [-0.05, 0) is 18.2 Å². The van der Waals surface area contributed by atoms with Crippen molar-refractivity contribution in [2.45, 2.75) is 31.3 Å². The number of terminal acetylenes is 1. The second-order valence-corrected chi connectivity index (χ2v) is 7.10. The van der Waals surface area contributed by atoms with Gasteiger partial charge in [0.2, 0.25) is 11.8 Å². The highest BCUT2D eigenvalue weighted by Crippen LogP contribution is 2.37. The van der Waals surface area contributed by atoms with Crippen molar-refractivity contribution in [2.75, 3.05) is 38.0 Å². The molecule has 1 aromatic carbocycles. The first-order valence-corrected chi connectivity index (χ1v) is 9.43. The summed E-state index contributed by atoms with van der Waals surface area (Å²) in [6, 6.07) is 5.80. The minimum atomic E-state index is -0.432. The quantitative estimate of drug-likeness (QED) is 0.698. The van der Waals surface area contributed by atoms with Crippen molar-refractivity contribution in [3.05, 3.63) is 30.1 Å². The standard InChI is InChI=1S/C20H24FN5O2/c1-2-3-8-20(23-24-20)9-7-19(28)26-12-10-25(11-13-26)15-18(27)22-17-6-4-5-16(21)14-17/h1,4-6,14H,3,7-13,15H2,(H,22,27). The SMILES string of the molecule is C#CCCC1(CCC(=O)N2CCN(CC(=O)Nc3cccc(F)c3)CC2)N=N1. The Bertz CT molecular complexity index is 790. The van der Waals surface area contributed by atoms with Gasteiger partial charge in [-0.15, -0.1) is 12.3 Å². The monoisotopic (exact) mass is 385 g/mol. The van der Waals surface area contributed by atoms with Crippen molar-refractivity contribution in [3.8, 4) is 12.3 Å². The third kappa shape index (κ3) is 5.60. The van der Waals surface area contributed by atoms with E-state index in [1.54, 1.807) is 12.1 Å². The van der Waals surface area contributed by atoms with Gasteiger partial charge >= 0.3 is 0 Å². The molecule has 0 spiro atoms. The summed E-state index contributed by atoms with van der Waals surface area (Å²) in [5.41, 5.74) is 0.00672. The van der Waals surface area contributed by atoms with Gasteiger partial charge in [-0.1, -0.05) is 6.07 Å². The molecule has 2 aliphatic rings. The first-order valence-electron chi connectivity index (χ1n) is 9.43. The molecule has 1 N–H and O–H groups in total. The molecule has 8 heteroatoms. The van der Waals surface area contributed by atoms with Crippen molar-refractivity contribution < 1.29 is 14.0 Å². The molecular formula is C20H24FN5O2. The van der Waals surface area contributed by atoms with E-state index in [4.69, 9.17) is 6.42 Å². The molecule has 1 aromatic rings. The summed E-state index contributed by atoms with van der Waals surface area (Å²) in [4.78, 5) is 28.3. The van der Waals surface area contributed by atoms with Gasteiger partial charge in [-0.25, -0.2) is 4.39 Å². The molecule has 2 amide bonds. The molecule has 0 radical (unpaired) electrons. The average molecular weight is 385 g/mol. The summed E-state index contributed by atoms with van der Waals surface area (Å²) in [7, 11) is 0. The van der Waals surface area contributed by atoms with Crippen LogP contribution in [0.3, 0.4) is 0 Å². The van der Waals surface area contributed by atoms with Crippen LogP contribution in [0.25, 0.3) is 0 Å². The van der Waals surface area contributed by atoms with Crippen LogP contribution in [0, 0.1) is 18.2 Å². The lowest BCUT2D eigenvalue weighted by Gasteiger charge is -2.34. The van der Waals surface area contributed by atoms with Crippen LogP contribution < -0.4 is 5.32 Å². The lowest BCUT2D eigenvalue weighted by Crippen LogP contribution is -2.50. The Hall–Kier alpha value is -2.79. The van der Waals surface area contributed by atoms with Gasteiger partial charge in [0.1, 0.15) is 5.82 Å². The number of hydrogen-bond donors (Lipinski definition) is 1. The molecular weight excluding hydrogens is 361 g/mol. The normalized spacial score (nSPS) is 17.8. The first kappa shape index (κ1) is 20.0. The minimum Gasteiger partial charge on any atom is -0.340 e. The zero-order valence-electron chi connectivity index (χ0n) is 15.7. The second kappa shape index (κ2) is 8.93. The number of nitrogens with zero attached hydrogens (tertiary/aromatic N) is 4. The molecule has 0 aromatic heterocycles. The topological polar surface area (TPSA) is 77.4 Å². The Morgan fingerprint density at radius 1 is 1.21 bits per heavy atom. The maximum atomic E-state index is 13.2. The molecule has 0 aliphatic carbocycles. The van der Waals surface area contributed by atoms with Crippen LogP contribution in [0.5, 0.6) is 0 Å². The van der Waals surface area contributed by atoms with E-state index >= 15 is 0 Å². The Labute approximate surface area is 164 Å². The van der Waals surface area contributed by atoms with Gasteiger partial charge in [-0.2, -0.15) is 10.2 Å². The van der Waals surface area contributed by atoms with Crippen molar-refractivity contribution >= 4 is 17.5 Å². The summed E-state index contributed by atoms with van der Waals surface area (Å²) in [5.74, 6) is 2.08. The number of rotatable bonds is 8. The fraction of sp³-hybridized carbons (Fsp3) is 0.500. The predicted molar refractivity (Wildman–Crippen MR) is 103 cm³/mol. The third-order valence-corrected chi connectivity index (χ3v) is 4.99. The number of benzene rings is 1. The summed E-state index contributed by atoms with van der Waals surface area (Å²) in [5, 5.41) is 10.8. The first-order chi connectivity index (χ1) is 13.5. The van der Waals surface area contributed by atoms with Gasteiger partial charge in [0.05, 0.1) is 6.54 Å². The summed E-state index contributed by atoms with van der Waals surface area (Å²) < 4.78 is 13.2. The smallest absolute Gasteiger partial charge is 0.238 e. The van der Waals surface area contributed by atoms with Gasteiger partial charge in [0, 0.05) is 57.5 Å². The fourth-order valence-corrected chi connectivity index (χ4v) is 3.26. The van der Waals surface area contributed by atoms with E-state index in [0.29, 0.717) is 57.5 Å². The van der Waals surface area contributed by atoms with E-state index in [-0.39, 0.29) is 18.4 Å². The number of anilines is 1. The molecule has 1 fully saturated rings. The number of amides is 2. The average Bonchev–Trinajstić information content (AvgIpc) is 3.45. The minimum absolute atomic E-state index is 0.0845.